The van der Waals surface area contributed by atoms with Gasteiger partial charge in [0.05, 0.1) is 6.04 Å². The predicted molar refractivity (Wildman–Crippen MR) is 114 cm³/mol. The van der Waals surface area contributed by atoms with Crippen LogP contribution in [0.1, 0.15) is 37.4 Å². The van der Waals surface area contributed by atoms with Crippen LogP contribution in [0.4, 0.5) is 25.0 Å². The Kier molecular flexibility index (Phi) is 6.87. The molecule has 1 aromatic heterocycles. The number of hydrogen-bond donors (Lipinski definition) is 1. The number of carbonyl (C=O) groups is 1. The van der Waals surface area contributed by atoms with Gasteiger partial charge < -0.3 is 15.0 Å². The van der Waals surface area contributed by atoms with Crippen molar-refractivity contribution in [2.45, 2.75) is 45.8 Å². The third kappa shape index (κ3) is 5.05. The molecule has 8 heteroatoms. The average molecular weight is 418 g/mol. The second kappa shape index (κ2) is 9.38. The first-order chi connectivity index (χ1) is 14.3. The molecule has 0 radical (unpaired) electrons. The molecule has 2 heterocycles. The number of nitrogens with zero attached hydrogens (tertiary/aromatic N) is 3. The highest BCUT2D eigenvalue weighted by Crippen LogP contribution is 2.32. The molecule has 1 aliphatic rings. The smallest absolute Gasteiger partial charge is 0.388 e. The second-order valence-electron chi connectivity index (χ2n) is 7.90. The SMILES string of the molecule is Cc1ccc(NC(=O)N(c2ccccc2C(C)C)C2CCN(C)C2)c(OC(F)F)n1. The molecule has 2 amide bonds. The molecule has 0 saturated carbocycles. The van der Waals surface area contributed by atoms with E-state index < -0.39 is 12.6 Å². The number of nitrogens with one attached hydrogen (secondary N) is 1. The van der Waals surface area contributed by atoms with Crippen LogP contribution < -0.4 is 15.0 Å². The van der Waals surface area contributed by atoms with Gasteiger partial charge in [-0.25, -0.2) is 9.78 Å². The second-order valence-corrected chi connectivity index (χ2v) is 7.90. The third-order valence-corrected chi connectivity index (χ3v) is 5.21. The van der Waals surface area contributed by atoms with Crippen molar-refractivity contribution in [1.29, 1.82) is 0 Å². The lowest BCUT2D eigenvalue weighted by molar-refractivity contribution is -0.0523. The summed E-state index contributed by atoms with van der Waals surface area (Å²) < 4.78 is 30.2. The van der Waals surface area contributed by atoms with E-state index in [1.807, 2.05) is 31.3 Å². The van der Waals surface area contributed by atoms with Gasteiger partial charge in [-0.3, -0.25) is 4.90 Å². The Balaban J connectivity index is 1.97. The minimum atomic E-state index is -3.03. The van der Waals surface area contributed by atoms with Gasteiger partial charge in [0.1, 0.15) is 5.69 Å². The van der Waals surface area contributed by atoms with Gasteiger partial charge in [0, 0.05) is 17.9 Å². The molecule has 1 unspecified atom stereocenters. The van der Waals surface area contributed by atoms with E-state index in [1.165, 1.54) is 6.07 Å². The van der Waals surface area contributed by atoms with Gasteiger partial charge in [0.2, 0.25) is 5.88 Å². The largest absolute Gasteiger partial charge is 0.415 e. The van der Waals surface area contributed by atoms with Crippen LogP contribution in [0.2, 0.25) is 0 Å². The minimum absolute atomic E-state index is 0.0345. The van der Waals surface area contributed by atoms with E-state index in [2.05, 4.69) is 33.8 Å². The highest BCUT2D eigenvalue weighted by molar-refractivity contribution is 6.03. The van der Waals surface area contributed by atoms with E-state index in [0.29, 0.717) is 5.69 Å². The van der Waals surface area contributed by atoms with E-state index in [0.717, 1.165) is 30.8 Å². The lowest BCUT2D eigenvalue weighted by Gasteiger charge is -2.32. The van der Waals surface area contributed by atoms with Gasteiger partial charge in [0.15, 0.2) is 0 Å². The lowest BCUT2D eigenvalue weighted by Crippen LogP contribution is -2.45. The standard InChI is InChI=1S/C22H28F2N4O2/c1-14(2)17-7-5-6-8-19(17)28(16-11-12-27(4)13-16)22(29)26-18-10-9-15(3)25-20(18)30-21(23)24/h5-10,14,16,21H,11-13H2,1-4H3,(H,26,29). The number of anilines is 2. The maximum Gasteiger partial charge on any atom is 0.388 e. The number of amides is 2. The van der Waals surface area contributed by atoms with Crippen molar-refractivity contribution in [3.63, 3.8) is 0 Å². The molecule has 3 rings (SSSR count). The van der Waals surface area contributed by atoms with E-state index in [4.69, 9.17) is 0 Å². The number of aryl methyl sites for hydroxylation is 1. The summed E-state index contributed by atoms with van der Waals surface area (Å²) in [6, 6.07) is 10.5. The van der Waals surface area contributed by atoms with E-state index in [1.54, 1.807) is 17.9 Å². The highest BCUT2D eigenvalue weighted by Gasteiger charge is 2.32. The number of hydrogen-bond acceptors (Lipinski definition) is 4. The number of para-hydroxylation sites is 1. The van der Waals surface area contributed by atoms with Crippen LogP contribution in [0.25, 0.3) is 0 Å². The number of carbonyl (C=O) groups excluding carboxylic acids is 1. The maximum atomic E-state index is 13.4. The summed E-state index contributed by atoms with van der Waals surface area (Å²) in [7, 11) is 2.02. The molecule has 0 bridgehead atoms. The molecule has 1 atom stereocenters. The maximum absolute atomic E-state index is 13.4. The van der Waals surface area contributed by atoms with Crippen LogP contribution in [0, 0.1) is 6.92 Å². The van der Waals surface area contributed by atoms with Crippen LogP contribution in [-0.4, -0.2) is 48.7 Å². The van der Waals surface area contributed by atoms with Crippen molar-refractivity contribution in [3.05, 3.63) is 47.7 Å². The number of ether oxygens (including phenoxy) is 1. The molecule has 162 valence electrons. The normalized spacial score (nSPS) is 16.9. The van der Waals surface area contributed by atoms with Crippen LogP contribution in [-0.2, 0) is 0 Å². The fourth-order valence-electron chi connectivity index (χ4n) is 3.77. The molecular weight excluding hydrogens is 390 g/mol. The number of likely N-dealkylation sites (tertiary alicyclic amines) is 1. The lowest BCUT2D eigenvalue weighted by atomic mass is 9.99. The van der Waals surface area contributed by atoms with E-state index in [-0.39, 0.29) is 23.5 Å². The number of rotatable bonds is 6. The molecule has 1 fully saturated rings. The Hall–Kier alpha value is -2.74. The molecule has 1 saturated heterocycles. The molecule has 0 spiro atoms. The Morgan fingerprint density at radius 3 is 2.63 bits per heavy atom. The Bertz CT molecular complexity index is 891. The molecule has 1 N–H and O–H groups in total. The number of aromatic nitrogens is 1. The Morgan fingerprint density at radius 1 is 1.27 bits per heavy atom. The summed E-state index contributed by atoms with van der Waals surface area (Å²) in [5, 5.41) is 2.75. The zero-order valence-corrected chi connectivity index (χ0v) is 17.7. The number of alkyl halides is 2. The molecular formula is C22H28F2N4O2. The van der Waals surface area contributed by atoms with Crippen LogP contribution in [0.5, 0.6) is 5.88 Å². The third-order valence-electron chi connectivity index (χ3n) is 5.21. The van der Waals surface area contributed by atoms with Gasteiger partial charge in [0.25, 0.3) is 0 Å². The Labute approximate surface area is 175 Å². The monoisotopic (exact) mass is 418 g/mol. The predicted octanol–water partition coefficient (Wildman–Crippen LogP) is 4.86. The summed E-state index contributed by atoms with van der Waals surface area (Å²) in [5.41, 5.74) is 2.50. The number of urea groups is 1. The zero-order valence-electron chi connectivity index (χ0n) is 17.7. The fourth-order valence-corrected chi connectivity index (χ4v) is 3.77. The van der Waals surface area contributed by atoms with Crippen molar-refractivity contribution >= 4 is 17.4 Å². The van der Waals surface area contributed by atoms with Gasteiger partial charge in [-0.05, 0) is 56.6 Å². The summed E-state index contributed by atoms with van der Waals surface area (Å²) in [6.07, 6.45) is 0.822. The summed E-state index contributed by atoms with van der Waals surface area (Å²) in [4.78, 5) is 21.3. The minimum Gasteiger partial charge on any atom is -0.415 e. The fraction of sp³-hybridized carbons (Fsp3) is 0.455. The van der Waals surface area contributed by atoms with Crippen molar-refractivity contribution in [1.82, 2.24) is 9.88 Å². The number of benzene rings is 1. The highest BCUT2D eigenvalue weighted by atomic mass is 19.3. The zero-order chi connectivity index (χ0) is 21.8. The first kappa shape index (κ1) is 22.0. The summed E-state index contributed by atoms with van der Waals surface area (Å²) in [6.45, 7) is 4.40. The topological polar surface area (TPSA) is 57.7 Å². The first-order valence-corrected chi connectivity index (χ1v) is 10.1. The summed E-state index contributed by atoms with van der Waals surface area (Å²) >= 11 is 0. The molecule has 1 aromatic carbocycles. The van der Waals surface area contributed by atoms with Crippen LogP contribution in [0.3, 0.4) is 0 Å². The van der Waals surface area contributed by atoms with Crippen LogP contribution >= 0.6 is 0 Å². The Morgan fingerprint density at radius 2 is 2.00 bits per heavy atom. The molecule has 30 heavy (non-hydrogen) atoms. The molecule has 0 aliphatic carbocycles. The van der Waals surface area contributed by atoms with E-state index in [9.17, 15) is 13.6 Å². The number of pyridine rings is 1. The van der Waals surface area contributed by atoms with Crippen molar-refractivity contribution in [2.75, 3.05) is 30.4 Å². The molecule has 1 aliphatic heterocycles. The number of halogens is 2. The van der Waals surface area contributed by atoms with Gasteiger partial charge >= 0.3 is 12.6 Å². The molecule has 2 aromatic rings. The summed E-state index contributed by atoms with van der Waals surface area (Å²) in [5.74, 6) is -0.0756. The van der Waals surface area contributed by atoms with Gasteiger partial charge in [-0.1, -0.05) is 32.0 Å². The van der Waals surface area contributed by atoms with Crippen LogP contribution in [0.15, 0.2) is 36.4 Å². The van der Waals surface area contributed by atoms with Crippen molar-refractivity contribution < 1.29 is 18.3 Å². The van der Waals surface area contributed by atoms with Gasteiger partial charge in [-0.15, -0.1) is 0 Å². The van der Waals surface area contributed by atoms with Gasteiger partial charge in [-0.2, -0.15) is 8.78 Å². The first-order valence-electron chi connectivity index (χ1n) is 10.1. The average Bonchev–Trinajstić information content (AvgIpc) is 3.10. The molecule has 6 nitrogen and oxygen atoms in total. The number of likely N-dealkylation sites (N-methyl/N-ethyl adjacent to an activating group) is 1. The quantitative estimate of drug-likeness (QED) is 0.728. The van der Waals surface area contributed by atoms with Crippen molar-refractivity contribution in [2.24, 2.45) is 0 Å². The van der Waals surface area contributed by atoms with E-state index >= 15 is 0 Å². The van der Waals surface area contributed by atoms with Crippen molar-refractivity contribution in [3.8, 4) is 5.88 Å².